The maximum Gasteiger partial charge on any atom is 0.233 e. The highest BCUT2D eigenvalue weighted by Crippen LogP contribution is 2.47. The van der Waals surface area contributed by atoms with Crippen LogP contribution in [0.5, 0.6) is 11.5 Å². The standard InChI is InChI=1S/C15H15NO5/c17-11(7-16-14(18)9-6-10(9)15(16)19)8-1-2-12-13(5-8)21-4-3-20-12/h1-2,5,9-11,17H,3-4,6-7H2. The average molecular weight is 289 g/mol. The topological polar surface area (TPSA) is 76.1 Å². The Morgan fingerprint density at radius 3 is 2.52 bits per heavy atom. The van der Waals surface area contributed by atoms with Crippen molar-refractivity contribution < 1.29 is 24.2 Å². The van der Waals surface area contributed by atoms with Gasteiger partial charge in [0.1, 0.15) is 13.2 Å². The molecule has 1 saturated heterocycles. The third kappa shape index (κ3) is 1.98. The summed E-state index contributed by atoms with van der Waals surface area (Å²) >= 11 is 0. The second-order valence-electron chi connectivity index (χ2n) is 5.65. The molecular formula is C15H15NO5. The number of likely N-dealkylation sites (tertiary alicyclic amines) is 1. The highest BCUT2D eigenvalue weighted by Gasteiger charge is 2.58. The summed E-state index contributed by atoms with van der Waals surface area (Å²) in [5, 5.41) is 10.3. The van der Waals surface area contributed by atoms with E-state index in [1.54, 1.807) is 18.2 Å². The highest BCUT2D eigenvalue weighted by molar-refractivity contribution is 6.08. The molecule has 110 valence electrons. The van der Waals surface area contributed by atoms with Crippen LogP contribution in [0.25, 0.3) is 0 Å². The fraction of sp³-hybridized carbons (Fsp3) is 0.467. The van der Waals surface area contributed by atoms with Crippen molar-refractivity contribution in [3.05, 3.63) is 23.8 Å². The molecule has 1 aromatic carbocycles. The largest absolute Gasteiger partial charge is 0.486 e. The molecule has 6 nitrogen and oxygen atoms in total. The van der Waals surface area contributed by atoms with E-state index < -0.39 is 6.10 Å². The Hall–Kier alpha value is -2.08. The highest BCUT2D eigenvalue weighted by atomic mass is 16.6. The van der Waals surface area contributed by atoms with Crippen LogP contribution in [0, 0.1) is 11.8 Å². The SMILES string of the molecule is O=C1C2CC2C(=O)N1CC(O)c1ccc2c(c1)OCCO2. The molecule has 0 aromatic heterocycles. The molecule has 4 rings (SSSR count). The molecule has 0 bridgehead atoms. The monoisotopic (exact) mass is 289 g/mol. The fourth-order valence-corrected chi connectivity index (χ4v) is 2.98. The molecule has 1 N–H and O–H groups in total. The molecule has 6 heteroatoms. The summed E-state index contributed by atoms with van der Waals surface area (Å²) in [4.78, 5) is 25.0. The predicted molar refractivity (Wildman–Crippen MR) is 70.7 cm³/mol. The predicted octanol–water partition coefficient (Wildman–Crippen LogP) is 0.496. The summed E-state index contributed by atoms with van der Waals surface area (Å²) in [5.41, 5.74) is 0.612. The van der Waals surface area contributed by atoms with E-state index in [-0.39, 0.29) is 30.2 Å². The molecular weight excluding hydrogens is 274 g/mol. The van der Waals surface area contributed by atoms with Crippen LogP contribution < -0.4 is 9.47 Å². The average Bonchev–Trinajstić information content (AvgIpc) is 3.27. The van der Waals surface area contributed by atoms with E-state index in [4.69, 9.17) is 9.47 Å². The molecule has 0 spiro atoms. The molecule has 2 heterocycles. The smallest absolute Gasteiger partial charge is 0.233 e. The van der Waals surface area contributed by atoms with Crippen LogP contribution in [0.3, 0.4) is 0 Å². The van der Waals surface area contributed by atoms with Crippen molar-refractivity contribution in [3.8, 4) is 11.5 Å². The molecule has 1 aliphatic carbocycles. The molecule has 2 fully saturated rings. The summed E-state index contributed by atoms with van der Waals surface area (Å²) < 4.78 is 10.9. The Bertz CT molecular complexity index is 608. The van der Waals surface area contributed by atoms with E-state index in [2.05, 4.69) is 0 Å². The van der Waals surface area contributed by atoms with Crippen LogP contribution in [-0.4, -0.2) is 41.6 Å². The van der Waals surface area contributed by atoms with Gasteiger partial charge in [0, 0.05) is 0 Å². The molecule has 0 radical (unpaired) electrons. The van der Waals surface area contributed by atoms with E-state index in [0.29, 0.717) is 36.7 Å². The second kappa shape index (κ2) is 4.46. The normalized spacial score (nSPS) is 27.6. The number of carbonyl (C=O) groups is 2. The fourth-order valence-electron chi connectivity index (χ4n) is 2.98. The Morgan fingerprint density at radius 2 is 1.81 bits per heavy atom. The summed E-state index contributed by atoms with van der Waals surface area (Å²) in [7, 11) is 0. The number of nitrogens with zero attached hydrogens (tertiary/aromatic N) is 1. The zero-order valence-electron chi connectivity index (χ0n) is 11.3. The van der Waals surface area contributed by atoms with Crippen molar-refractivity contribution >= 4 is 11.8 Å². The quantitative estimate of drug-likeness (QED) is 0.820. The number of benzene rings is 1. The van der Waals surface area contributed by atoms with E-state index in [1.807, 2.05) is 0 Å². The number of imide groups is 1. The van der Waals surface area contributed by atoms with Gasteiger partial charge in [-0.3, -0.25) is 14.5 Å². The van der Waals surface area contributed by atoms with E-state index in [0.717, 1.165) is 0 Å². The van der Waals surface area contributed by atoms with Crippen LogP contribution in [0.15, 0.2) is 18.2 Å². The summed E-state index contributed by atoms with van der Waals surface area (Å²) in [6.07, 6.45) is -0.236. The summed E-state index contributed by atoms with van der Waals surface area (Å²) in [6.45, 7) is 0.984. The lowest BCUT2D eigenvalue weighted by molar-refractivity contribution is -0.143. The third-order valence-corrected chi connectivity index (χ3v) is 4.26. The lowest BCUT2D eigenvalue weighted by atomic mass is 10.1. The van der Waals surface area contributed by atoms with E-state index in [1.165, 1.54) is 4.90 Å². The number of amides is 2. The Labute approximate surface area is 121 Å². The third-order valence-electron chi connectivity index (χ3n) is 4.26. The number of aliphatic hydroxyl groups excluding tert-OH is 1. The minimum Gasteiger partial charge on any atom is -0.486 e. The minimum absolute atomic E-state index is 0.00428. The van der Waals surface area contributed by atoms with Gasteiger partial charge in [0.25, 0.3) is 0 Å². The molecule has 1 aromatic rings. The zero-order valence-corrected chi connectivity index (χ0v) is 11.3. The van der Waals surface area contributed by atoms with Gasteiger partial charge in [-0.1, -0.05) is 6.07 Å². The van der Waals surface area contributed by atoms with Crippen molar-refractivity contribution in [1.29, 1.82) is 0 Å². The maximum atomic E-state index is 11.9. The number of ether oxygens (including phenoxy) is 2. The van der Waals surface area contributed by atoms with Gasteiger partial charge in [-0.15, -0.1) is 0 Å². The number of aliphatic hydroxyl groups is 1. The molecule has 21 heavy (non-hydrogen) atoms. The van der Waals surface area contributed by atoms with Crippen LogP contribution in [0.1, 0.15) is 18.1 Å². The molecule has 1 saturated carbocycles. The lowest BCUT2D eigenvalue weighted by Crippen LogP contribution is -2.36. The number of carbonyl (C=O) groups excluding carboxylic acids is 2. The Morgan fingerprint density at radius 1 is 1.14 bits per heavy atom. The van der Waals surface area contributed by atoms with Crippen molar-refractivity contribution in [2.75, 3.05) is 19.8 Å². The van der Waals surface area contributed by atoms with Crippen molar-refractivity contribution in [3.63, 3.8) is 0 Å². The number of fused-ring (bicyclic) bond motifs is 2. The van der Waals surface area contributed by atoms with Gasteiger partial charge in [-0.25, -0.2) is 0 Å². The first kappa shape index (κ1) is 12.6. The van der Waals surface area contributed by atoms with Crippen LogP contribution >= 0.6 is 0 Å². The molecule has 3 atom stereocenters. The molecule has 3 aliphatic rings. The summed E-state index contributed by atoms with van der Waals surface area (Å²) in [5.74, 6) is 0.657. The first-order valence-corrected chi connectivity index (χ1v) is 7.08. The molecule has 2 amide bonds. The molecule has 2 aliphatic heterocycles. The summed E-state index contributed by atoms with van der Waals surface area (Å²) in [6, 6.07) is 5.16. The Balaban J connectivity index is 1.51. The number of piperidine rings is 1. The number of β-amino-alcohol motifs (C(OH)–C–C–N with tert-alkyl or cyclic N) is 1. The van der Waals surface area contributed by atoms with Crippen LogP contribution in [0.4, 0.5) is 0 Å². The van der Waals surface area contributed by atoms with Gasteiger partial charge in [0.15, 0.2) is 11.5 Å². The van der Waals surface area contributed by atoms with Gasteiger partial charge >= 0.3 is 0 Å². The first-order chi connectivity index (χ1) is 10.1. The van der Waals surface area contributed by atoms with Crippen molar-refractivity contribution in [2.45, 2.75) is 12.5 Å². The first-order valence-electron chi connectivity index (χ1n) is 7.08. The Kier molecular flexibility index (Phi) is 2.68. The van der Waals surface area contributed by atoms with Crippen molar-refractivity contribution in [1.82, 2.24) is 4.90 Å². The van der Waals surface area contributed by atoms with Gasteiger partial charge in [-0.05, 0) is 24.1 Å². The van der Waals surface area contributed by atoms with Gasteiger partial charge in [0.2, 0.25) is 11.8 Å². The van der Waals surface area contributed by atoms with Crippen molar-refractivity contribution in [2.24, 2.45) is 11.8 Å². The second-order valence-corrected chi connectivity index (χ2v) is 5.65. The van der Waals surface area contributed by atoms with Gasteiger partial charge in [-0.2, -0.15) is 0 Å². The lowest BCUT2D eigenvalue weighted by Gasteiger charge is -2.23. The van der Waals surface area contributed by atoms with E-state index in [9.17, 15) is 14.7 Å². The number of hydrogen-bond acceptors (Lipinski definition) is 5. The van der Waals surface area contributed by atoms with Crippen LogP contribution in [-0.2, 0) is 9.59 Å². The van der Waals surface area contributed by atoms with Gasteiger partial charge in [0.05, 0.1) is 24.5 Å². The van der Waals surface area contributed by atoms with Gasteiger partial charge < -0.3 is 14.6 Å². The minimum atomic E-state index is -0.911. The zero-order chi connectivity index (χ0) is 14.6. The van der Waals surface area contributed by atoms with E-state index >= 15 is 0 Å². The van der Waals surface area contributed by atoms with Crippen LogP contribution in [0.2, 0.25) is 0 Å². The number of rotatable bonds is 3. The number of hydrogen-bond donors (Lipinski definition) is 1. The molecule has 3 unspecified atom stereocenters. The maximum absolute atomic E-state index is 11.9.